The summed E-state index contributed by atoms with van der Waals surface area (Å²) in [6, 6.07) is 0. The molecule has 4 nitrogen and oxygen atoms in total. The van der Waals surface area contributed by atoms with Crippen LogP contribution in [0.4, 0.5) is 0 Å². The van der Waals surface area contributed by atoms with E-state index in [4.69, 9.17) is 20.4 Å². The Labute approximate surface area is 116 Å². The van der Waals surface area contributed by atoms with Crippen molar-refractivity contribution in [1.29, 1.82) is 0 Å². The van der Waals surface area contributed by atoms with Crippen LogP contribution in [-0.4, -0.2) is 66.0 Å². The summed E-state index contributed by atoms with van der Waals surface area (Å²) < 4.78 is 0. The first-order chi connectivity index (χ1) is 7.67. The molecule has 0 aliphatic heterocycles. The van der Waals surface area contributed by atoms with Crippen LogP contribution in [0.3, 0.4) is 0 Å². The van der Waals surface area contributed by atoms with Gasteiger partial charge in [-0.1, -0.05) is 0 Å². The molecule has 5 heteroatoms. The van der Waals surface area contributed by atoms with Crippen LogP contribution >= 0.6 is 0 Å². The molecule has 4 atom stereocenters. The van der Waals surface area contributed by atoms with Crippen LogP contribution < -0.4 is 0 Å². The molecule has 0 aromatic rings. The molecule has 0 fully saturated rings. The van der Waals surface area contributed by atoms with Crippen LogP contribution in [0, 0.1) is 0 Å². The van der Waals surface area contributed by atoms with Gasteiger partial charge in [-0.3, -0.25) is 0 Å². The van der Waals surface area contributed by atoms with Crippen molar-refractivity contribution < 1.29 is 20.4 Å². The second-order valence-corrected chi connectivity index (χ2v) is 7.22. The first-order valence-corrected chi connectivity index (χ1v) is 11.7. The predicted molar refractivity (Wildman–Crippen MR) is 73.4 cm³/mol. The standard InChI is InChI=1S/2C5H12O2.2CH3.Sn/c2*1-4(6)3-5(2)7;;;/h2*4-7H,3H2,1-2H3;2*1H3;. The summed E-state index contributed by atoms with van der Waals surface area (Å²) in [4.78, 5) is 4.59. The Bertz CT molecular complexity index is 102. The van der Waals surface area contributed by atoms with E-state index in [9.17, 15) is 0 Å². The Balaban J connectivity index is -0.000000188. The van der Waals surface area contributed by atoms with Crippen molar-refractivity contribution in [2.75, 3.05) is 0 Å². The van der Waals surface area contributed by atoms with E-state index in [0.717, 1.165) is 0 Å². The summed E-state index contributed by atoms with van der Waals surface area (Å²) in [6.07, 6.45) is -0.556. The number of hydrogen-bond acceptors (Lipinski definition) is 4. The molecular formula is C12H30O4Sn. The Morgan fingerprint density at radius 2 is 0.765 bits per heavy atom. The molecular weight excluding hydrogens is 327 g/mol. The molecule has 0 aromatic carbocycles. The average molecular weight is 357 g/mol. The van der Waals surface area contributed by atoms with Crippen LogP contribution in [0.25, 0.3) is 0 Å². The first-order valence-electron chi connectivity index (χ1n) is 5.98. The van der Waals surface area contributed by atoms with Crippen molar-refractivity contribution in [3.05, 3.63) is 0 Å². The van der Waals surface area contributed by atoms with Gasteiger partial charge in [0.2, 0.25) is 0 Å². The first kappa shape index (κ1) is 22.8. The van der Waals surface area contributed by atoms with E-state index in [2.05, 4.69) is 9.88 Å². The van der Waals surface area contributed by atoms with Crippen molar-refractivity contribution in [3.63, 3.8) is 0 Å². The Kier molecular flexibility index (Phi) is 22.3. The van der Waals surface area contributed by atoms with Crippen LogP contribution in [0.15, 0.2) is 0 Å². The molecule has 4 N–H and O–H groups in total. The zero-order chi connectivity index (χ0) is 14.4. The molecule has 0 saturated carbocycles. The van der Waals surface area contributed by atoms with Crippen molar-refractivity contribution in [1.82, 2.24) is 0 Å². The number of rotatable bonds is 4. The topological polar surface area (TPSA) is 80.9 Å². The third kappa shape index (κ3) is 47.8. The average Bonchev–Trinajstić information content (AvgIpc) is 1.99. The monoisotopic (exact) mass is 358 g/mol. The fourth-order valence-electron chi connectivity index (χ4n) is 0.987. The van der Waals surface area contributed by atoms with Crippen molar-refractivity contribution in [2.24, 2.45) is 0 Å². The van der Waals surface area contributed by atoms with Crippen molar-refractivity contribution in [3.8, 4) is 0 Å². The molecule has 2 radical (unpaired) electrons. The molecule has 0 amide bonds. The van der Waals surface area contributed by atoms with E-state index in [1.54, 1.807) is 27.7 Å². The van der Waals surface area contributed by atoms with Gasteiger partial charge < -0.3 is 20.4 Å². The SMILES string of the molecule is CC(O)CC(C)O.CC(O)CC(C)O.[CH3][Sn][CH3]. The summed E-state index contributed by atoms with van der Waals surface area (Å²) in [5.41, 5.74) is 0. The molecule has 4 unspecified atom stereocenters. The molecule has 0 aromatic heterocycles. The fraction of sp³-hybridized carbons (Fsp3) is 1.00. The van der Waals surface area contributed by atoms with Gasteiger partial charge in [0.15, 0.2) is 0 Å². The van der Waals surface area contributed by atoms with E-state index in [0.29, 0.717) is 12.8 Å². The molecule has 0 heterocycles. The second-order valence-electron chi connectivity index (χ2n) is 4.37. The van der Waals surface area contributed by atoms with Gasteiger partial charge in [0.25, 0.3) is 0 Å². The molecule has 0 bridgehead atoms. The Morgan fingerprint density at radius 3 is 0.765 bits per heavy atom. The fourth-order valence-corrected chi connectivity index (χ4v) is 0.987. The van der Waals surface area contributed by atoms with E-state index in [1.165, 1.54) is 0 Å². The maximum absolute atomic E-state index is 8.56. The van der Waals surface area contributed by atoms with Gasteiger partial charge in [-0.25, -0.2) is 0 Å². The molecule has 17 heavy (non-hydrogen) atoms. The Hall–Kier alpha value is 0.639. The Morgan fingerprint density at radius 1 is 0.647 bits per heavy atom. The van der Waals surface area contributed by atoms with E-state index in [-0.39, 0.29) is 45.6 Å². The number of aliphatic hydroxyl groups is 4. The minimum atomic E-state index is -0.375. The predicted octanol–water partition coefficient (Wildman–Crippen LogP) is 1.06. The molecule has 0 spiro atoms. The molecule has 0 rings (SSSR count). The van der Waals surface area contributed by atoms with E-state index < -0.39 is 0 Å². The zero-order valence-corrected chi connectivity index (χ0v) is 14.9. The molecule has 0 saturated heterocycles. The zero-order valence-electron chi connectivity index (χ0n) is 12.0. The van der Waals surface area contributed by atoms with Crippen LogP contribution in [0.1, 0.15) is 40.5 Å². The van der Waals surface area contributed by atoms with Crippen molar-refractivity contribution >= 4 is 21.1 Å². The maximum atomic E-state index is 8.56. The van der Waals surface area contributed by atoms with E-state index >= 15 is 0 Å². The third-order valence-corrected chi connectivity index (χ3v) is 1.36. The van der Waals surface area contributed by atoms with Gasteiger partial charge in [0.1, 0.15) is 0 Å². The van der Waals surface area contributed by atoms with E-state index in [1.807, 2.05) is 0 Å². The van der Waals surface area contributed by atoms with Crippen LogP contribution in [0.2, 0.25) is 9.88 Å². The van der Waals surface area contributed by atoms with Crippen LogP contribution in [0.5, 0.6) is 0 Å². The van der Waals surface area contributed by atoms with Gasteiger partial charge in [-0.2, -0.15) is 0 Å². The summed E-state index contributed by atoms with van der Waals surface area (Å²) in [6.45, 7) is 6.64. The molecule has 0 aliphatic carbocycles. The third-order valence-electron chi connectivity index (χ3n) is 1.36. The number of hydrogen-bond donors (Lipinski definition) is 4. The minimum absolute atomic E-state index is 0.230. The summed E-state index contributed by atoms with van der Waals surface area (Å²) in [5.74, 6) is 0. The van der Waals surface area contributed by atoms with Gasteiger partial charge in [0.05, 0.1) is 24.4 Å². The number of aliphatic hydroxyl groups excluding tert-OH is 4. The van der Waals surface area contributed by atoms with Gasteiger partial charge >= 0.3 is 31.0 Å². The summed E-state index contributed by atoms with van der Waals surface area (Å²) in [5, 5.41) is 34.3. The van der Waals surface area contributed by atoms with Gasteiger partial charge in [-0.05, 0) is 40.5 Å². The van der Waals surface area contributed by atoms with Crippen molar-refractivity contribution in [2.45, 2.75) is 74.8 Å². The normalized spacial score (nSPS) is 16.6. The van der Waals surface area contributed by atoms with Gasteiger partial charge in [-0.15, -0.1) is 0 Å². The van der Waals surface area contributed by atoms with Crippen LogP contribution in [-0.2, 0) is 0 Å². The quantitative estimate of drug-likeness (QED) is 0.568. The second kappa shape index (κ2) is 16.6. The van der Waals surface area contributed by atoms with Gasteiger partial charge in [0, 0.05) is 0 Å². The summed E-state index contributed by atoms with van der Waals surface area (Å²) in [7, 11) is 0. The molecule has 0 aliphatic rings. The molecule has 106 valence electrons. The summed E-state index contributed by atoms with van der Waals surface area (Å²) >= 11 is 0.230.